The average Bonchev–Trinajstić information content (AvgIpc) is 3.09. The lowest BCUT2D eigenvalue weighted by molar-refractivity contribution is -0.124. The molecule has 0 saturated heterocycles. The van der Waals surface area contributed by atoms with E-state index in [4.69, 9.17) is 4.74 Å². The number of benzene rings is 1. The van der Waals surface area contributed by atoms with Crippen molar-refractivity contribution in [3.05, 3.63) is 55.7 Å². The Labute approximate surface area is 179 Å². The number of nitrogens with one attached hydrogen (secondary N) is 2. The van der Waals surface area contributed by atoms with E-state index in [2.05, 4.69) is 21.7 Å². The molecule has 0 bridgehead atoms. The van der Waals surface area contributed by atoms with Crippen LogP contribution in [0.5, 0.6) is 0 Å². The van der Waals surface area contributed by atoms with Crippen molar-refractivity contribution in [2.75, 3.05) is 32.1 Å². The van der Waals surface area contributed by atoms with Crippen molar-refractivity contribution in [2.45, 2.75) is 20.4 Å². The van der Waals surface area contributed by atoms with Crippen molar-refractivity contribution in [3.63, 3.8) is 0 Å². The van der Waals surface area contributed by atoms with Gasteiger partial charge in [0.25, 0.3) is 5.56 Å². The lowest BCUT2D eigenvalue weighted by atomic mass is 10.1. The minimum absolute atomic E-state index is 0.0106. The minimum atomic E-state index is -0.438. The molecule has 2 heterocycles. The molecule has 166 valence electrons. The molecule has 0 fully saturated rings. The summed E-state index contributed by atoms with van der Waals surface area (Å²) in [6.45, 7) is 5.17. The molecule has 0 saturated carbocycles. The van der Waals surface area contributed by atoms with E-state index in [1.165, 1.54) is 18.7 Å². The highest BCUT2D eigenvalue weighted by atomic mass is 16.5. The van der Waals surface area contributed by atoms with Crippen LogP contribution in [0.15, 0.2) is 27.8 Å². The summed E-state index contributed by atoms with van der Waals surface area (Å²) in [5.74, 6) is 0.236. The Balaban J connectivity index is 2.03. The number of aryl methyl sites for hydroxylation is 3. The third-order valence-corrected chi connectivity index (χ3v) is 5.19. The van der Waals surface area contributed by atoms with E-state index in [1.807, 2.05) is 26.0 Å². The summed E-state index contributed by atoms with van der Waals surface area (Å²) in [6, 6.07) is 6.15. The molecule has 31 heavy (non-hydrogen) atoms. The summed E-state index contributed by atoms with van der Waals surface area (Å²) in [4.78, 5) is 41.4. The van der Waals surface area contributed by atoms with Crippen molar-refractivity contribution in [3.8, 4) is 0 Å². The molecule has 2 N–H and O–H groups in total. The van der Waals surface area contributed by atoms with Crippen LogP contribution in [0.3, 0.4) is 0 Å². The van der Waals surface area contributed by atoms with Crippen LogP contribution in [0.4, 0.5) is 5.95 Å². The molecule has 0 spiro atoms. The van der Waals surface area contributed by atoms with Crippen LogP contribution in [0.2, 0.25) is 0 Å². The fourth-order valence-electron chi connectivity index (χ4n) is 3.43. The van der Waals surface area contributed by atoms with Gasteiger partial charge < -0.3 is 15.4 Å². The summed E-state index contributed by atoms with van der Waals surface area (Å²) < 4.78 is 9.03. The molecular formula is C21H28N6O4. The van der Waals surface area contributed by atoms with Crippen LogP contribution in [-0.2, 0) is 30.2 Å². The van der Waals surface area contributed by atoms with Gasteiger partial charge in [-0.1, -0.05) is 23.8 Å². The summed E-state index contributed by atoms with van der Waals surface area (Å²) in [5.41, 5.74) is 3.06. The Kier molecular flexibility index (Phi) is 6.59. The molecule has 0 radical (unpaired) electrons. The van der Waals surface area contributed by atoms with Gasteiger partial charge in [-0.3, -0.25) is 23.3 Å². The minimum Gasteiger partial charge on any atom is -0.375 e. The van der Waals surface area contributed by atoms with Gasteiger partial charge in [0.15, 0.2) is 11.2 Å². The summed E-state index contributed by atoms with van der Waals surface area (Å²) in [7, 11) is 4.50. The van der Waals surface area contributed by atoms with Gasteiger partial charge in [0.05, 0.1) is 6.54 Å². The second-order valence-corrected chi connectivity index (χ2v) is 7.54. The van der Waals surface area contributed by atoms with Crippen molar-refractivity contribution in [2.24, 2.45) is 14.1 Å². The highest BCUT2D eigenvalue weighted by molar-refractivity contribution is 5.77. The van der Waals surface area contributed by atoms with Gasteiger partial charge in [-0.2, -0.15) is 4.98 Å². The number of ether oxygens (including phenoxy) is 1. The summed E-state index contributed by atoms with van der Waals surface area (Å²) in [5, 5.41) is 5.91. The number of imidazole rings is 1. The van der Waals surface area contributed by atoms with Crippen molar-refractivity contribution < 1.29 is 9.53 Å². The zero-order chi connectivity index (χ0) is 22.7. The van der Waals surface area contributed by atoms with Gasteiger partial charge in [-0.25, -0.2) is 4.79 Å². The van der Waals surface area contributed by atoms with Crippen LogP contribution >= 0.6 is 0 Å². The van der Waals surface area contributed by atoms with Crippen LogP contribution in [0, 0.1) is 13.8 Å². The zero-order valence-corrected chi connectivity index (χ0v) is 18.5. The number of nitrogens with zero attached hydrogens (tertiary/aromatic N) is 4. The second-order valence-electron chi connectivity index (χ2n) is 7.54. The topological polar surface area (TPSA) is 112 Å². The van der Waals surface area contributed by atoms with E-state index in [1.54, 1.807) is 11.6 Å². The SMILES string of the molecule is COCC(=O)NCCNc1nc2c(c(=O)n(C)c(=O)n2C)n1Cc1cc(C)ccc1C. The fraction of sp³-hybridized carbons (Fsp3) is 0.429. The Morgan fingerprint density at radius 1 is 1.13 bits per heavy atom. The first-order chi connectivity index (χ1) is 14.7. The van der Waals surface area contributed by atoms with Crippen LogP contribution in [-0.4, -0.2) is 51.4 Å². The van der Waals surface area contributed by atoms with Crippen molar-refractivity contribution in [1.82, 2.24) is 24.0 Å². The molecule has 0 aliphatic heterocycles. The second kappa shape index (κ2) is 9.17. The first-order valence-corrected chi connectivity index (χ1v) is 9.96. The lowest BCUT2D eigenvalue weighted by Crippen LogP contribution is -2.37. The molecule has 3 rings (SSSR count). The number of hydrogen-bond donors (Lipinski definition) is 2. The van der Waals surface area contributed by atoms with E-state index in [0.29, 0.717) is 36.7 Å². The molecule has 0 atom stereocenters. The van der Waals surface area contributed by atoms with Gasteiger partial charge in [0.2, 0.25) is 11.9 Å². The number of methoxy groups -OCH3 is 1. The number of hydrogen-bond acceptors (Lipinski definition) is 6. The molecule has 0 aliphatic carbocycles. The monoisotopic (exact) mass is 428 g/mol. The molecule has 1 amide bonds. The summed E-state index contributed by atoms with van der Waals surface area (Å²) in [6.07, 6.45) is 0. The Morgan fingerprint density at radius 3 is 2.58 bits per heavy atom. The number of fused-ring (bicyclic) bond motifs is 1. The highest BCUT2D eigenvalue weighted by Gasteiger charge is 2.19. The molecule has 2 aromatic heterocycles. The van der Waals surface area contributed by atoms with Crippen LogP contribution < -0.4 is 21.9 Å². The van der Waals surface area contributed by atoms with E-state index in [-0.39, 0.29) is 12.5 Å². The number of carbonyl (C=O) groups excluding carboxylic acids is 1. The quantitative estimate of drug-likeness (QED) is 0.498. The summed E-state index contributed by atoms with van der Waals surface area (Å²) >= 11 is 0. The smallest absolute Gasteiger partial charge is 0.332 e. The predicted octanol–water partition coefficient (Wildman–Crippen LogP) is 0.273. The first-order valence-electron chi connectivity index (χ1n) is 9.96. The number of aromatic nitrogens is 4. The van der Waals surface area contributed by atoms with Crippen molar-refractivity contribution >= 4 is 23.0 Å². The number of rotatable bonds is 8. The Morgan fingerprint density at radius 2 is 1.87 bits per heavy atom. The van der Waals surface area contributed by atoms with Gasteiger partial charge in [-0.15, -0.1) is 0 Å². The molecule has 10 heteroatoms. The van der Waals surface area contributed by atoms with Crippen LogP contribution in [0.1, 0.15) is 16.7 Å². The lowest BCUT2D eigenvalue weighted by Gasteiger charge is -2.13. The fourth-order valence-corrected chi connectivity index (χ4v) is 3.43. The third-order valence-electron chi connectivity index (χ3n) is 5.19. The van der Waals surface area contributed by atoms with Crippen molar-refractivity contribution in [1.29, 1.82) is 0 Å². The van der Waals surface area contributed by atoms with E-state index in [0.717, 1.165) is 21.3 Å². The van der Waals surface area contributed by atoms with Gasteiger partial charge in [0.1, 0.15) is 6.61 Å². The normalized spacial score (nSPS) is 11.1. The molecular weight excluding hydrogens is 400 g/mol. The molecule has 3 aromatic rings. The Bertz CT molecular complexity index is 1240. The molecule has 1 aromatic carbocycles. The maximum Gasteiger partial charge on any atom is 0.332 e. The van der Waals surface area contributed by atoms with E-state index < -0.39 is 11.2 Å². The third kappa shape index (κ3) is 4.53. The molecule has 0 aliphatic rings. The van der Waals surface area contributed by atoms with Gasteiger partial charge in [-0.05, 0) is 25.0 Å². The average molecular weight is 428 g/mol. The van der Waals surface area contributed by atoms with Gasteiger partial charge in [0, 0.05) is 34.3 Å². The standard InChI is InChI=1S/C21H28N6O4/c1-13-6-7-14(2)15(10-13)11-27-17-18(25(3)21(30)26(4)19(17)29)24-20(27)23-9-8-22-16(28)12-31-5/h6-7,10H,8-9,11-12H2,1-5H3,(H,22,28)(H,23,24). The number of amides is 1. The Hall–Kier alpha value is -3.40. The maximum absolute atomic E-state index is 13.0. The largest absolute Gasteiger partial charge is 0.375 e. The molecule has 0 unspecified atom stereocenters. The number of anilines is 1. The predicted molar refractivity (Wildman–Crippen MR) is 119 cm³/mol. The maximum atomic E-state index is 13.0. The first kappa shape index (κ1) is 22.3. The van der Waals surface area contributed by atoms with E-state index >= 15 is 0 Å². The zero-order valence-electron chi connectivity index (χ0n) is 18.5. The van der Waals surface area contributed by atoms with Gasteiger partial charge >= 0.3 is 5.69 Å². The van der Waals surface area contributed by atoms with E-state index in [9.17, 15) is 14.4 Å². The molecule has 10 nitrogen and oxygen atoms in total. The van der Waals surface area contributed by atoms with Crippen LogP contribution in [0.25, 0.3) is 11.2 Å². The highest BCUT2D eigenvalue weighted by Crippen LogP contribution is 2.20. The number of carbonyl (C=O) groups is 1.